The second-order valence-corrected chi connectivity index (χ2v) is 4.71. The van der Waals surface area contributed by atoms with Crippen LogP contribution < -0.4 is 0 Å². The van der Waals surface area contributed by atoms with Crippen LogP contribution in [0.1, 0.15) is 18.5 Å². The first-order valence-corrected chi connectivity index (χ1v) is 5.81. The van der Waals surface area contributed by atoms with Gasteiger partial charge in [-0.2, -0.15) is 13.2 Å². The monoisotopic (exact) mass is 270 g/mol. The molecule has 1 N–H and O–H groups in total. The Balaban J connectivity index is 2.00. The van der Waals surface area contributed by atoms with E-state index in [0.29, 0.717) is 0 Å². The SMILES string of the molecule is Fc1ccccc1-c1ncc(C2(C(F)(F)F)CC2)[nH]1. The Morgan fingerprint density at radius 2 is 1.84 bits per heavy atom. The minimum Gasteiger partial charge on any atom is -0.341 e. The van der Waals surface area contributed by atoms with E-state index in [2.05, 4.69) is 9.97 Å². The predicted octanol–water partition coefficient (Wildman–Crippen LogP) is 3.81. The maximum Gasteiger partial charge on any atom is 0.399 e. The summed E-state index contributed by atoms with van der Waals surface area (Å²) in [5, 5.41) is 0. The van der Waals surface area contributed by atoms with Crippen LogP contribution in [-0.4, -0.2) is 16.1 Å². The zero-order valence-electron chi connectivity index (χ0n) is 9.76. The van der Waals surface area contributed by atoms with Gasteiger partial charge in [0.05, 0.1) is 11.3 Å². The average Bonchev–Trinajstić information content (AvgIpc) is 3.03. The molecular formula is C13H10F4N2. The van der Waals surface area contributed by atoms with Gasteiger partial charge in [-0.1, -0.05) is 12.1 Å². The molecule has 19 heavy (non-hydrogen) atoms. The highest BCUT2D eigenvalue weighted by Gasteiger charge is 2.65. The molecule has 100 valence electrons. The van der Waals surface area contributed by atoms with Gasteiger partial charge in [0.15, 0.2) is 0 Å². The lowest BCUT2D eigenvalue weighted by Crippen LogP contribution is -2.28. The number of alkyl halides is 3. The molecule has 3 rings (SSSR count). The van der Waals surface area contributed by atoms with Crippen molar-refractivity contribution in [2.75, 3.05) is 0 Å². The van der Waals surface area contributed by atoms with Crippen molar-refractivity contribution in [3.63, 3.8) is 0 Å². The van der Waals surface area contributed by atoms with Crippen molar-refractivity contribution in [2.24, 2.45) is 0 Å². The second-order valence-electron chi connectivity index (χ2n) is 4.71. The van der Waals surface area contributed by atoms with Crippen LogP contribution in [-0.2, 0) is 5.41 Å². The van der Waals surface area contributed by atoms with E-state index in [-0.39, 0.29) is 29.9 Å². The molecule has 0 aliphatic heterocycles. The van der Waals surface area contributed by atoms with Crippen molar-refractivity contribution >= 4 is 0 Å². The number of aromatic amines is 1. The molecule has 1 aromatic heterocycles. The molecule has 1 aliphatic carbocycles. The molecule has 1 heterocycles. The third-order valence-electron chi connectivity index (χ3n) is 3.51. The number of H-pyrrole nitrogens is 1. The molecule has 6 heteroatoms. The summed E-state index contributed by atoms with van der Waals surface area (Å²) in [5.74, 6) is -0.385. The molecule has 0 saturated heterocycles. The summed E-state index contributed by atoms with van der Waals surface area (Å²) in [6.07, 6.45) is -3.04. The quantitative estimate of drug-likeness (QED) is 0.826. The normalized spacial score (nSPS) is 17.5. The van der Waals surface area contributed by atoms with Gasteiger partial charge in [0.25, 0.3) is 0 Å². The summed E-state index contributed by atoms with van der Waals surface area (Å²) in [5.41, 5.74) is -1.63. The third-order valence-corrected chi connectivity index (χ3v) is 3.51. The van der Waals surface area contributed by atoms with Gasteiger partial charge in [-0.3, -0.25) is 0 Å². The second kappa shape index (κ2) is 3.82. The predicted molar refractivity (Wildman–Crippen MR) is 60.9 cm³/mol. The van der Waals surface area contributed by atoms with Crippen LogP contribution in [0, 0.1) is 5.82 Å². The van der Waals surface area contributed by atoms with Crippen LogP contribution >= 0.6 is 0 Å². The Hall–Kier alpha value is -1.85. The van der Waals surface area contributed by atoms with Crippen LogP contribution in [0.25, 0.3) is 11.4 Å². The minimum absolute atomic E-state index is 0.0123. The Kier molecular flexibility index (Phi) is 2.45. The van der Waals surface area contributed by atoms with E-state index in [9.17, 15) is 17.6 Å². The molecule has 2 nitrogen and oxygen atoms in total. The number of benzene rings is 1. The molecule has 0 atom stereocenters. The van der Waals surface area contributed by atoms with Crippen LogP contribution in [0.4, 0.5) is 17.6 Å². The van der Waals surface area contributed by atoms with Crippen LogP contribution in [0.3, 0.4) is 0 Å². The van der Waals surface area contributed by atoms with Crippen molar-refractivity contribution in [3.8, 4) is 11.4 Å². The van der Waals surface area contributed by atoms with Crippen molar-refractivity contribution in [2.45, 2.75) is 24.4 Å². The molecule has 0 amide bonds. The Bertz CT molecular complexity index is 611. The fourth-order valence-corrected chi connectivity index (χ4v) is 2.19. The Labute approximate surface area is 106 Å². The van der Waals surface area contributed by atoms with Gasteiger partial charge in [0.2, 0.25) is 0 Å². The summed E-state index contributed by atoms with van der Waals surface area (Å²) < 4.78 is 52.4. The molecule has 2 aromatic rings. The highest BCUT2D eigenvalue weighted by molar-refractivity contribution is 5.56. The van der Waals surface area contributed by atoms with Gasteiger partial charge < -0.3 is 4.98 Å². The van der Waals surface area contributed by atoms with Crippen LogP contribution in [0.5, 0.6) is 0 Å². The molecular weight excluding hydrogens is 260 g/mol. The van der Waals surface area contributed by atoms with Crippen molar-refractivity contribution in [1.29, 1.82) is 0 Å². The topological polar surface area (TPSA) is 28.7 Å². The molecule has 1 aromatic carbocycles. The van der Waals surface area contributed by atoms with E-state index in [1.165, 1.54) is 18.2 Å². The number of hydrogen-bond donors (Lipinski definition) is 1. The number of hydrogen-bond acceptors (Lipinski definition) is 1. The number of nitrogens with zero attached hydrogens (tertiary/aromatic N) is 1. The zero-order chi connectivity index (χ0) is 13.7. The van der Waals surface area contributed by atoms with Crippen molar-refractivity contribution in [3.05, 3.63) is 42.0 Å². The van der Waals surface area contributed by atoms with E-state index in [1.807, 2.05) is 0 Å². The van der Waals surface area contributed by atoms with E-state index in [1.54, 1.807) is 6.07 Å². The standard InChI is InChI=1S/C13H10F4N2/c14-9-4-2-1-3-8(9)11-18-7-10(19-11)12(5-6-12)13(15,16)17/h1-4,7H,5-6H2,(H,18,19). The third kappa shape index (κ3) is 1.82. The van der Waals surface area contributed by atoms with E-state index >= 15 is 0 Å². The van der Waals surface area contributed by atoms with E-state index < -0.39 is 17.4 Å². The van der Waals surface area contributed by atoms with Crippen molar-refractivity contribution in [1.82, 2.24) is 9.97 Å². The molecule has 0 spiro atoms. The lowest BCUT2D eigenvalue weighted by Gasteiger charge is -2.17. The maximum absolute atomic E-state index is 13.5. The highest BCUT2D eigenvalue weighted by Crippen LogP contribution is 2.58. The van der Waals surface area contributed by atoms with Crippen molar-refractivity contribution < 1.29 is 17.6 Å². The number of aromatic nitrogens is 2. The number of halogens is 4. The molecule has 1 fully saturated rings. The minimum atomic E-state index is -4.30. The van der Waals surface area contributed by atoms with Crippen LogP contribution in [0.15, 0.2) is 30.5 Å². The van der Waals surface area contributed by atoms with Gasteiger partial charge in [-0.25, -0.2) is 9.37 Å². The van der Waals surface area contributed by atoms with Gasteiger partial charge in [0, 0.05) is 6.20 Å². The molecule has 0 unspecified atom stereocenters. The Morgan fingerprint density at radius 3 is 2.42 bits per heavy atom. The first kappa shape index (κ1) is 12.2. The summed E-state index contributed by atoms with van der Waals surface area (Å²) in [6.45, 7) is 0. The lowest BCUT2D eigenvalue weighted by atomic mass is 10.0. The fraction of sp³-hybridized carbons (Fsp3) is 0.308. The summed E-state index contributed by atoms with van der Waals surface area (Å²) in [4.78, 5) is 6.48. The molecule has 0 bridgehead atoms. The molecule has 1 aliphatic rings. The highest BCUT2D eigenvalue weighted by atomic mass is 19.4. The van der Waals surface area contributed by atoms with Gasteiger partial charge in [0.1, 0.15) is 17.1 Å². The first-order valence-electron chi connectivity index (χ1n) is 5.81. The largest absolute Gasteiger partial charge is 0.399 e. The number of nitrogens with one attached hydrogen (secondary N) is 1. The summed E-state index contributed by atoms with van der Waals surface area (Å²) in [7, 11) is 0. The van der Waals surface area contributed by atoms with Gasteiger partial charge >= 0.3 is 6.18 Å². The number of rotatable bonds is 2. The molecule has 0 radical (unpaired) electrons. The smallest absolute Gasteiger partial charge is 0.341 e. The lowest BCUT2D eigenvalue weighted by molar-refractivity contribution is -0.161. The zero-order valence-corrected chi connectivity index (χ0v) is 9.76. The fourth-order valence-electron chi connectivity index (χ4n) is 2.19. The summed E-state index contributed by atoms with van der Waals surface area (Å²) >= 11 is 0. The Morgan fingerprint density at radius 1 is 1.16 bits per heavy atom. The summed E-state index contributed by atoms with van der Waals surface area (Å²) in [6, 6.07) is 5.84. The van der Waals surface area contributed by atoms with Gasteiger partial charge in [-0.15, -0.1) is 0 Å². The van der Waals surface area contributed by atoms with E-state index in [4.69, 9.17) is 0 Å². The van der Waals surface area contributed by atoms with Crippen LogP contribution in [0.2, 0.25) is 0 Å². The number of imidazole rings is 1. The van der Waals surface area contributed by atoms with E-state index in [0.717, 1.165) is 6.20 Å². The maximum atomic E-state index is 13.5. The van der Waals surface area contributed by atoms with Gasteiger partial charge in [-0.05, 0) is 25.0 Å². The molecule has 1 saturated carbocycles. The first-order chi connectivity index (χ1) is 8.94. The average molecular weight is 270 g/mol.